The van der Waals surface area contributed by atoms with Gasteiger partial charge >= 0.3 is 11.9 Å². The van der Waals surface area contributed by atoms with Gasteiger partial charge in [-0.15, -0.1) is 0 Å². The van der Waals surface area contributed by atoms with Crippen LogP contribution >= 0.6 is 0 Å². The molecule has 37 N–H and O–H groups in total. The monoisotopic (exact) mass is 2000 g/mol. The van der Waals surface area contributed by atoms with Gasteiger partial charge in [-0.3, -0.25) is 0 Å². The predicted molar refractivity (Wildman–Crippen MR) is 426 cm³/mol. The Labute approximate surface area is 774 Å². The number of carboxylic acid groups (broad SMARTS) is 2. The lowest BCUT2D eigenvalue weighted by molar-refractivity contribution is -0.468. The zero-order valence-corrected chi connectivity index (χ0v) is 74.5. The van der Waals surface area contributed by atoms with Gasteiger partial charge in [0.2, 0.25) is 0 Å². The lowest BCUT2D eigenvalue weighted by atomic mass is 9.89. The van der Waals surface area contributed by atoms with Gasteiger partial charge < -0.3 is 270 Å². The molecule has 0 aliphatic carbocycles. The van der Waals surface area contributed by atoms with Gasteiger partial charge in [0.15, 0.2) is 56.6 Å². The molecule has 0 radical (unpaired) electrons. The third-order valence-corrected chi connectivity index (χ3v) is 25.8. The Morgan fingerprint density at radius 3 is 1.17 bits per heavy atom. The second-order valence-electron chi connectivity index (χ2n) is 35.8. The molecule has 20 unspecified atom stereocenters. The van der Waals surface area contributed by atoms with Crippen molar-refractivity contribution in [2.45, 2.75) is 367 Å². The Balaban J connectivity index is 0.966. The number of rotatable bonds is 47. The maximum atomic E-state index is 12.8. The minimum atomic E-state index is -2.97. The zero-order valence-electron chi connectivity index (χ0n) is 74.5. The second kappa shape index (κ2) is 51.2. The molecule has 0 aromatic heterocycles. The summed E-state index contributed by atoms with van der Waals surface area (Å²) in [5, 5.41) is 363. The van der Waals surface area contributed by atoms with Crippen molar-refractivity contribution in [3.63, 3.8) is 0 Å². The first kappa shape index (κ1) is 116. The molecule has 0 bridgehead atoms. The molecule has 0 aromatic carbocycles. The molecule has 0 amide bonds. The molecule has 54 atom stereocenters. The topological polar surface area (TPSA) is 948 Å². The van der Waals surface area contributed by atoms with E-state index >= 15 is 0 Å². The Bertz CT molecular complexity index is 3540. The molecule has 9 saturated heterocycles. The first-order valence-corrected chi connectivity index (χ1v) is 44.2. The van der Waals surface area contributed by atoms with E-state index in [1.807, 2.05) is 0 Å². The van der Waals surface area contributed by atoms with Crippen molar-refractivity contribution >= 4 is 11.9 Å². The SMILES string of the molecule is CC1C(O)[C@H](O[C@@H]2OC(CO[C@]3(C(=O)O)C[C@@H](O)[C@@H](N)C([C@H](O)C(O)CO)O3)[C@H](O)C(O)[C@@H]2O)[C@H](CO)O[C@H]1OO[C@@H](C[C@@H](O)[C@H](O)C(C)CO)OCC1O[C@@H](O[C@@H]2C(CO)O[C@@H](O[C@@H](CO)C(CO)O[C@@H](O)C(C)C)[C@@H](C)C2O)[C@H](O)C(O[C@H]2O[C@H](CO)[C@@H](O)C(O)C2O[C@@H]2OC(CO)[C@@H](O[C@@H]3OC(CO[C@]4(C(=O)O)C[C@@H](O)[C@@H](N)C([C@H](O)C(O)CO)O4)[C@H](O)C(O)[C@@H]3O)C(O)[C@@H]2C)[C@@H]1O. The number of aliphatic hydroxyl groups is 31. The normalized spacial score (nSPS) is 45.3. The molecular formula is C78H138N2O56. The maximum absolute atomic E-state index is 12.8. The first-order valence-electron chi connectivity index (χ1n) is 44.2. The summed E-state index contributed by atoms with van der Waals surface area (Å²) in [5.74, 6) is -15.8. The van der Waals surface area contributed by atoms with Gasteiger partial charge in [-0.05, 0) is 0 Å². The number of ether oxygens (including phenoxy) is 19. The number of carbonyl (C=O) groups is 2. The van der Waals surface area contributed by atoms with Crippen molar-refractivity contribution in [3.8, 4) is 0 Å². The summed E-state index contributed by atoms with van der Waals surface area (Å²) in [7, 11) is 0. The van der Waals surface area contributed by atoms with E-state index in [-0.39, 0.29) is 0 Å². The Morgan fingerprint density at radius 1 is 0.382 bits per heavy atom. The van der Waals surface area contributed by atoms with Crippen LogP contribution in [0.25, 0.3) is 0 Å². The second-order valence-corrected chi connectivity index (χ2v) is 35.8. The van der Waals surface area contributed by atoms with Crippen LogP contribution in [0, 0.1) is 29.6 Å². The van der Waals surface area contributed by atoms with E-state index < -0.39 is 446 Å². The highest BCUT2D eigenvalue weighted by molar-refractivity contribution is 5.76. The lowest BCUT2D eigenvalue weighted by Crippen LogP contribution is -2.68. The van der Waals surface area contributed by atoms with Crippen molar-refractivity contribution in [2.75, 3.05) is 79.3 Å². The van der Waals surface area contributed by atoms with Crippen molar-refractivity contribution in [2.24, 2.45) is 41.1 Å². The van der Waals surface area contributed by atoms with Crippen LogP contribution in [0.4, 0.5) is 0 Å². The summed E-state index contributed by atoms with van der Waals surface area (Å²) >= 11 is 0. The Hall–Kier alpha value is -3.22. The Kier molecular flexibility index (Phi) is 43.8. The average Bonchev–Trinajstić information content (AvgIpc) is 0.765. The fourth-order valence-corrected chi connectivity index (χ4v) is 16.8. The molecule has 58 nitrogen and oxygen atoms in total. The molecule has 0 aromatic rings. The number of aliphatic carboxylic acids is 2. The van der Waals surface area contributed by atoms with Crippen LogP contribution in [0.15, 0.2) is 0 Å². The molecule has 9 aliphatic rings. The van der Waals surface area contributed by atoms with Gasteiger partial charge in [0.25, 0.3) is 11.6 Å². The number of hydrogen-bond acceptors (Lipinski definition) is 56. The van der Waals surface area contributed by atoms with E-state index in [1.54, 1.807) is 13.8 Å². The molecule has 58 heteroatoms. The zero-order chi connectivity index (χ0) is 101. The molecule has 0 saturated carbocycles. The van der Waals surface area contributed by atoms with E-state index in [4.69, 9.17) is 111 Å². The molecule has 9 aliphatic heterocycles. The Morgan fingerprint density at radius 2 is 0.757 bits per heavy atom. The van der Waals surface area contributed by atoms with Crippen LogP contribution < -0.4 is 11.5 Å². The van der Waals surface area contributed by atoms with Crippen LogP contribution in [0.3, 0.4) is 0 Å². The third-order valence-electron chi connectivity index (χ3n) is 25.8. The smallest absolute Gasteiger partial charge is 0.364 e. The van der Waals surface area contributed by atoms with Crippen LogP contribution in [0.2, 0.25) is 0 Å². The summed E-state index contributed by atoms with van der Waals surface area (Å²) in [4.78, 5) is 37.0. The number of carboxylic acids is 2. The van der Waals surface area contributed by atoms with Gasteiger partial charge in [-0.25, -0.2) is 19.4 Å². The van der Waals surface area contributed by atoms with Gasteiger partial charge in [-0.1, -0.05) is 41.5 Å². The molecule has 136 heavy (non-hydrogen) atoms. The largest absolute Gasteiger partial charge is 0.477 e. The summed E-state index contributed by atoms with van der Waals surface area (Å²) in [6, 6.07) is -3.18. The molecule has 0 spiro atoms. The standard InChI is InChI=1S/C78H138N2O56/c1-22(2)67(111)119-32(13-84)33(14-85)120-68-24(4)45(96)61(35(16-87)122-68)130-73-59(110)65(131-74-66(56(107)50(101)34(15-86)121-74)132-69-25(5)46(97)60(36(17-88)123-69)128-71-57(108)54(105)51(102)39(126-71)20-117-77(75(112)113)8-28(91)42(79)63(133-77)48(99)30(93)11-82)53(104)38(125-73)19-116-41(7-27(90)44(95)23(3)10-81)135-136-70-26(6)47(98)62(37(18-89)124-70)129-72-58(109)55(106)52(103)40(127-72)21-118-78(76(114)115)9-29(92)43(80)64(134-78)49(100)31(94)12-83/h22-74,81-111H,7-21,79-80H2,1-6H3,(H,112,113)(H,114,115)/t23?,24-,25-,26?,27+,28+,29+,30?,31?,32?,33-,34+,35?,36?,37-,38?,39?,40?,41-,42+,43+,44+,45?,46?,47?,48+,49+,50+,51-,52-,53+,54?,55?,56?,57-,58-,59+,60+,61+,62+,63?,64?,65?,66?,67+,68+,69-,70-,71-,72-,73-,74+,77+,78+/m0/s1. The van der Waals surface area contributed by atoms with Crippen LogP contribution in [-0.4, -0.2) is 566 Å². The highest BCUT2D eigenvalue weighted by Crippen LogP contribution is 2.43. The third kappa shape index (κ3) is 26.4. The van der Waals surface area contributed by atoms with E-state index in [9.17, 15) is 178 Å². The number of aliphatic hydroxyl groups excluding tert-OH is 31. The van der Waals surface area contributed by atoms with Gasteiger partial charge in [0.1, 0.15) is 183 Å². The summed E-state index contributed by atoms with van der Waals surface area (Å²) in [6.45, 7) is -4.38. The molecule has 9 heterocycles. The van der Waals surface area contributed by atoms with E-state index in [0.29, 0.717) is 0 Å². The fraction of sp³-hybridized carbons (Fsp3) is 0.974. The molecule has 796 valence electrons. The van der Waals surface area contributed by atoms with Crippen LogP contribution in [0.1, 0.15) is 60.8 Å². The summed E-state index contributed by atoms with van der Waals surface area (Å²) in [6.07, 6.45) is -95.8. The quantitative estimate of drug-likeness (QED) is 0.0153. The van der Waals surface area contributed by atoms with Crippen LogP contribution in [-0.2, 0) is 109 Å². The van der Waals surface area contributed by atoms with E-state index in [1.165, 1.54) is 27.7 Å². The number of nitrogens with two attached hydrogens (primary N) is 2. The van der Waals surface area contributed by atoms with E-state index in [0.717, 1.165) is 0 Å². The van der Waals surface area contributed by atoms with Gasteiger partial charge in [0, 0.05) is 55.5 Å². The van der Waals surface area contributed by atoms with Gasteiger partial charge in [-0.2, -0.15) is 0 Å². The average molecular weight is 2000 g/mol. The van der Waals surface area contributed by atoms with Gasteiger partial charge in [0.05, 0.1) is 127 Å². The summed E-state index contributed by atoms with van der Waals surface area (Å²) < 4.78 is 112. The maximum Gasteiger partial charge on any atom is 0.364 e. The minimum Gasteiger partial charge on any atom is -0.477 e. The fourth-order valence-electron chi connectivity index (χ4n) is 16.8. The highest BCUT2D eigenvalue weighted by Gasteiger charge is 2.62. The van der Waals surface area contributed by atoms with E-state index in [2.05, 4.69) is 0 Å². The molecule has 9 rings (SSSR count). The summed E-state index contributed by atoms with van der Waals surface area (Å²) in [5.41, 5.74) is 11.9. The number of hydrogen-bond donors (Lipinski definition) is 35. The predicted octanol–water partition coefficient (Wildman–Crippen LogP) is -19.7. The highest BCUT2D eigenvalue weighted by atomic mass is 17.2. The first-order chi connectivity index (χ1) is 64.0. The minimum absolute atomic E-state index is 0.544. The lowest BCUT2D eigenvalue weighted by Gasteiger charge is -2.50. The molecular weight excluding hydrogens is 1860 g/mol. The van der Waals surface area contributed by atoms with Crippen molar-refractivity contribution in [1.29, 1.82) is 0 Å². The van der Waals surface area contributed by atoms with Crippen LogP contribution in [0.5, 0.6) is 0 Å². The van der Waals surface area contributed by atoms with Crippen molar-refractivity contribution in [1.82, 2.24) is 0 Å². The molecule has 9 fully saturated rings. The van der Waals surface area contributed by atoms with Crippen molar-refractivity contribution < 1.29 is 278 Å². The van der Waals surface area contributed by atoms with Crippen molar-refractivity contribution in [3.05, 3.63) is 0 Å².